The van der Waals surface area contributed by atoms with E-state index in [-0.39, 0.29) is 6.04 Å². The molecule has 1 atom stereocenters. The van der Waals surface area contributed by atoms with Gasteiger partial charge in [-0.3, -0.25) is 0 Å². The fourth-order valence-corrected chi connectivity index (χ4v) is 1.99. The third-order valence-corrected chi connectivity index (χ3v) is 3.11. The molecule has 2 N–H and O–H groups in total. The molecule has 0 bridgehead atoms. The molecule has 72 valence electrons. The summed E-state index contributed by atoms with van der Waals surface area (Å²) in [5.74, 6) is 1.84. The summed E-state index contributed by atoms with van der Waals surface area (Å²) < 4.78 is 5.24. The molecule has 1 aromatic heterocycles. The SMILES string of the molecule is Cc1occc1C(N)CC1CCC1. The molecule has 1 unspecified atom stereocenters. The van der Waals surface area contributed by atoms with E-state index in [1.165, 1.54) is 24.8 Å². The second kappa shape index (κ2) is 3.54. The van der Waals surface area contributed by atoms with Gasteiger partial charge in [0.25, 0.3) is 0 Å². The van der Waals surface area contributed by atoms with Crippen LogP contribution in [0.5, 0.6) is 0 Å². The topological polar surface area (TPSA) is 39.2 Å². The lowest BCUT2D eigenvalue weighted by Gasteiger charge is -2.27. The first-order valence-electron chi connectivity index (χ1n) is 5.07. The fraction of sp³-hybridized carbons (Fsp3) is 0.636. The van der Waals surface area contributed by atoms with Crippen LogP contribution in [-0.2, 0) is 0 Å². The molecule has 0 radical (unpaired) electrons. The lowest BCUT2D eigenvalue weighted by molar-refractivity contribution is 0.276. The van der Waals surface area contributed by atoms with Crippen molar-refractivity contribution in [3.63, 3.8) is 0 Å². The van der Waals surface area contributed by atoms with Gasteiger partial charge in [-0.2, -0.15) is 0 Å². The summed E-state index contributed by atoms with van der Waals surface area (Å²) in [6.45, 7) is 1.98. The zero-order valence-electron chi connectivity index (χ0n) is 8.12. The first-order valence-corrected chi connectivity index (χ1v) is 5.07. The molecule has 2 heteroatoms. The monoisotopic (exact) mass is 179 g/mol. The smallest absolute Gasteiger partial charge is 0.105 e. The van der Waals surface area contributed by atoms with Gasteiger partial charge in [-0.1, -0.05) is 19.3 Å². The molecule has 1 aliphatic rings. The number of aryl methyl sites for hydroxylation is 1. The first-order chi connectivity index (χ1) is 6.27. The van der Waals surface area contributed by atoms with Crippen LogP contribution in [0.15, 0.2) is 16.7 Å². The Hall–Kier alpha value is -0.760. The summed E-state index contributed by atoms with van der Waals surface area (Å²) in [4.78, 5) is 0. The van der Waals surface area contributed by atoms with Crippen molar-refractivity contribution in [3.8, 4) is 0 Å². The molecule has 13 heavy (non-hydrogen) atoms. The average Bonchev–Trinajstić information content (AvgIpc) is 2.43. The van der Waals surface area contributed by atoms with Crippen molar-refractivity contribution in [2.45, 2.75) is 38.6 Å². The quantitative estimate of drug-likeness (QED) is 0.775. The zero-order chi connectivity index (χ0) is 9.26. The van der Waals surface area contributed by atoms with E-state index in [0.717, 1.165) is 18.1 Å². The Morgan fingerprint density at radius 1 is 1.62 bits per heavy atom. The largest absolute Gasteiger partial charge is 0.469 e. The molecule has 0 amide bonds. The van der Waals surface area contributed by atoms with Gasteiger partial charge in [0.1, 0.15) is 5.76 Å². The molecule has 1 heterocycles. The molecule has 1 aliphatic carbocycles. The number of hydrogen-bond acceptors (Lipinski definition) is 2. The third kappa shape index (κ3) is 1.78. The summed E-state index contributed by atoms with van der Waals surface area (Å²) in [6.07, 6.45) is 6.97. The van der Waals surface area contributed by atoms with E-state index in [2.05, 4.69) is 0 Å². The summed E-state index contributed by atoms with van der Waals surface area (Å²) in [5.41, 5.74) is 7.28. The molecule has 1 saturated carbocycles. The predicted octanol–water partition coefficient (Wildman–Crippen LogP) is 2.78. The van der Waals surface area contributed by atoms with Crippen molar-refractivity contribution in [3.05, 3.63) is 23.7 Å². The van der Waals surface area contributed by atoms with Crippen molar-refractivity contribution in [2.75, 3.05) is 0 Å². The van der Waals surface area contributed by atoms with E-state index in [1.54, 1.807) is 6.26 Å². The molecule has 1 aromatic rings. The normalized spacial score (nSPS) is 19.8. The molecule has 0 saturated heterocycles. The minimum atomic E-state index is 0.184. The minimum absolute atomic E-state index is 0.184. The van der Waals surface area contributed by atoms with E-state index < -0.39 is 0 Å². The van der Waals surface area contributed by atoms with Crippen LogP contribution in [0.2, 0.25) is 0 Å². The van der Waals surface area contributed by atoms with Crippen LogP contribution in [0.3, 0.4) is 0 Å². The number of rotatable bonds is 3. The number of hydrogen-bond donors (Lipinski definition) is 1. The molecular formula is C11H17NO. The maximum absolute atomic E-state index is 6.09. The predicted molar refractivity (Wildman–Crippen MR) is 52.3 cm³/mol. The summed E-state index contributed by atoms with van der Waals surface area (Å²) >= 11 is 0. The summed E-state index contributed by atoms with van der Waals surface area (Å²) in [7, 11) is 0. The van der Waals surface area contributed by atoms with Gasteiger partial charge in [-0.15, -0.1) is 0 Å². The van der Waals surface area contributed by atoms with E-state index in [0.29, 0.717) is 0 Å². The summed E-state index contributed by atoms with van der Waals surface area (Å²) in [6, 6.07) is 2.18. The van der Waals surface area contributed by atoms with Gasteiger partial charge in [0, 0.05) is 11.6 Å². The molecule has 0 spiro atoms. The molecule has 1 fully saturated rings. The average molecular weight is 179 g/mol. The standard InChI is InChI=1S/C11H17NO/c1-8-10(5-6-13-8)11(12)7-9-3-2-4-9/h5-6,9,11H,2-4,7,12H2,1H3. The van der Waals surface area contributed by atoms with E-state index in [4.69, 9.17) is 10.2 Å². The Balaban J connectivity index is 1.96. The fourth-order valence-electron chi connectivity index (χ4n) is 1.99. The molecule has 2 nitrogen and oxygen atoms in total. The maximum atomic E-state index is 6.09. The Kier molecular flexibility index (Phi) is 2.40. The number of nitrogens with two attached hydrogens (primary N) is 1. The minimum Gasteiger partial charge on any atom is -0.469 e. The highest BCUT2D eigenvalue weighted by Crippen LogP contribution is 2.34. The molecule has 0 aromatic carbocycles. The van der Waals surface area contributed by atoms with Crippen LogP contribution < -0.4 is 5.73 Å². The van der Waals surface area contributed by atoms with E-state index in [9.17, 15) is 0 Å². The van der Waals surface area contributed by atoms with Gasteiger partial charge in [-0.05, 0) is 25.3 Å². The van der Waals surface area contributed by atoms with Crippen LogP contribution in [0.25, 0.3) is 0 Å². The van der Waals surface area contributed by atoms with Crippen molar-refractivity contribution in [1.82, 2.24) is 0 Å². The van der Waals surface area contributed by atoms with Crippen LogP contribution in [0.4, 0.5) is 0 Å². The molecular weight excluding hydrogens is 162 g/mol. The van der Waals surface area contributed by atoms with Crippen molar-refractivity contribution >= 4 is 0 Å². The van der Waals surface area contributed by atoms with Crippen LogP contribution in [0.1, 0.15) is 43.0 Å². The Morgan fingerprint density at radius 3 is 2.85 bits per heavy atom. The third-order valence-electron chi connectivity index (χ3n) is 3.11. The molecule has 2 rings (SSSR count). The molecule has 0 aliphatic heterocycles. The van der Waals surface area contributed by atoms with Crippen LogP contribution >= 0.6 is 0 Å². The van der Waals surface area contributed by atoms with Crippen LogP contribution in [0, 0.1) is 12.8 Å². The first kappa shape index (κ1) is 8.82. The second-order valence-electron chi connectivity index (χ2n) is 4.07. The van der Waals surface area contributed by atoms with Gasteiger partial charge in [0.05, 0.1) is 6.26 Å². The van der Waals surface area contributed by atoms with Crippen molar-refractivity contribution < 1.29 is 4.42 Å². The number of furan rings is 1. The van der Waals surface area contributed by atoms with Crippen molar-refractivity contribution in [2.24, 2.45) is 11.7 Å². The summed E-state index contributed by atoms with van der Waals surface area (Å²) in [5, 5.41) is 0. The Morgan fingerprint density at radius 2 is 2.38 bits per heavy atom. The second-order valence-corrected chi connectivity index (χ2v) is 4.07. The van der Waals surface area contributed by atoms with E-state index >= 15 is 0 Å². The Labute approximate surface area is 79.1 Å². The van der Waals surface area contributed by atoms with Gasteiger partial charge in [0.15, 0.2) is 0 Å². The maximum Gasteiger partial charge on any atom is 0.105 e. The van der Waals surface area contributed by atoms with Gasteiger partial charge in [-0.25, -0.2) is 0 Å². The van der Waals surface area contributed by atoms with Crippen LogP contribution in [-0.4, -0.2) is 0 Å². The van der Waals surface area contributed by atoms with Crippen molar-refractivity contribution in [1.29, 1.82) is 0 Å². The zero-order valence-corrected chi connectivity index (χ0v) is 8.12. The highest BCUT2D eigenvalue weighted by atomic mass is 16.3. The van der Waals surface area contributed by atoms with Gasteiger partial charge >= 0.3 is 0 Å². The van der Waals surface area contributed by atoms with Gasteiger partial charge < -0.3 is 10.2 Å². The highest BCUT2D eigenvalue weighted by Gasteiger charge is 2.22. The van der Waals surface area contributed by atoms with Gasteiger partial charge in [0.2, 0.25) is 0 Å². The Bertz CT molecular complexity index is 275. The van der Waals surface area contributed by atoms with E-state index in [1.807, 2.05) is 13.0 Å². The highest BCUT2D eigenvalue weighted by molar-refractivity contribution is 5.19. The lowest BCUT2D eigenvalue weighted by Crippen LogP contribution is -2.20. The lowest BCUT2D eigenvalue weighted by atomic mass is 9.80.